The number of sulfonamides is 1. The summed E-state index contributed by atoms with van der Waals surface area (Å²) in [4.78, 5) is 28.6. The summed E-state index contributed by atoms with van der Waals surface area (Å²) in [5.74, 6) is -1.29. The first-order valence-electron chi connectivity index (χ1n) is 12.0. The molecule has 1 saturated heterocycles. The Labute approximate surface area is 201 Å². The number of anilines is 1. The highest BCUT2D eigenvalue weighted by Gasteiger charge is 2.38. The van der Waals surface area contributed by atoms with Crippen molar-refractivity contribution in [3.05, 3.63) is 46.3 Å². The molecule has 0 radical (unpaired) electrons. The van der Waals surface area contributed by atoms with Crippen molar-refractivity contribution in [2.45, 2.75) is 64.2 Å². The van der Waals surface area contributed by atoms with Crippen molar-refractivity contribution >= 4 is 27.6 Å². The fourth-order valence-corrected chi connectivity index (χ4v) is 7.10. The molecule has 1 amide bonds. The van der Waals surface area contributed by atoms with E-state index in [0.717, 1.165) is 31.4 Å². The van der Waals surface area contributed by atoms with E-state index in [0.29, 0.717) is 30.8 Å². The van der Waals surface area contributed by atoms with Crippen LogP contribution in [0, 0.1) is 19.8 Å². The maximum absolute atomic E-state index is 13.6. The number of nitrogens with one attached hydrogen (secondary N) is 2. The Kier molecular flexibility index (Phi) is 7.14. The van der Waals surface area contributed by atoms with Crippen LogP contribution >= 0.6 is 0 Å². The van der Waals surface area contributed by atoms with E-state index in [1.807, 2.05) is 12.1 Å². The minimum Gasteiger partial charge on any atom is -0.462 e. The third-order valence-corrected chi connectivity index (χ3v) is 8.84. The average molecular weight is 488 g/mol. The predicted molar refractivity (Wildman–Crippen MR) is 129 cm³/mol. The summed E-state index contributed by atoms with van der Waals surface area (Å²) in [5.41, 5.74) is 4.20. The van der Waals surface area contributed by atoms with Crippen LogP contribution in [0.15, 0.2) is 23.1 Å². The molecule has 0 saturated carbocycles. The Hall–Kier alpha value is -2.65. The zero-order valence-electron chi connectivity index (χ0n) is 20.1. The number of rotatable bonds is 6. The molecule has 8 nitrogen and oxygen atoms in total. The van der Waals surface area contributed by atoms with E-state index in [-0.39, 0.29) is 29.5 Å². The van der Waals surface area contributed by atoms with Crippen LogP contribution in [0.25, 0.3) is 0 Å². The molecule has 184 valence electrons. The molecule has 1 atom stereocenters. The van der Waals surface area contributed by atoms with Crippen LogP contribution in [0.2, 0.25) is 0 Å². The van der Waals surface area contributed by atoms with Gasteiger partial charge in [-0.2, -0.15) is 4.31 Å². The van der Waals surface area contributed by atoms with Gasteiger partial charge in [0.1, 0.15) is 10.5 Å². The number of aromatic nitrogens is 1. The standard InChI is InChI=1S/C25H33N3O5S/c1-4-33-25(30)22-16(2)26-17(3)23(22)34(31,32)28-14-8-11-19(15-28)24(29)27-21-13-7-10-18-9-5-6-12-20(18)21/h7,10,13,19,26H,4-6,8-9,11-12,14-15H2,1-3H3,(H,27,29)/t19-/m1/s1. The van der Waals surface area contributed by atoms with E-state index >= 15 is 0 Å². The number of benzene rings is 1. The number of esters is 1. The summed E-state index contributed by atoms with van der Waals surface area (Å²) < 4.78 is 33.7. The number of carbonyl (C=O) groups is 2. The average Bonchev–Trinajstić information content (AvgIpc) is 3.14. The second-order valence-electron chi connectivity index (χ2n) is 9.14. The summed E-state index contributed by atoms with van der Waals surface area (Å²) in [7, 11) is -4.00. The van der Waals surface area contributed by atoms with E-state index in [4.69, 9.17) is 4.74 Å². The Morgan fingerprint density at radius 1 is 1.15 bits per heavy atom. The van der Waals surface area contributed by atoms with Crippen LogP contribution in [0.1, 0.15) is 65.5 Å². The van der Waals surface area contributed by atoms with Crippen molar-refractivity contribution in [1.82, 2.24) is 9.29 Å². The van der Waals surface area contributed by atoms with Gasteiger partial charge in [0, 0.05) is 30.2 Å². The molecule has 0 spiro atoms. The highest BCUT2D eigenvalue weighted by atomic mass is 32.2. The normalized spacial score (nSPS) is 18.9. The molecule has 2 N–H and O–H groups in total. The van der Waals surface area contributed by atoms with Gasteiger partial charge in [-0.3, -0.25) is 4.79 Å². The van der Waals surface area contributed by atoms with Crippen LogP contribution in [0.5, 0.6) is 0 Å². The predicted octanol–water partition coefficient (Wildman–Crippen LogP) is 3.73. The largest absolute Gasteiger partial charge is 0.462 e. The lowest BCUT2D eigenvalue weighted by Crippen LogP contribution is -2.44. The van der Waals surface area contributed by atoms with Gasteiger partial charge in [0.25, 0.3) is 0 Å². The topological polar surface area (TPSA) is 109 Å². The molecule has 1 aromatic heterocycles. The van der Waals surface area contributed by atoms with Gasteiger partial charge in [-0.1, -0.05) is 12.1 Å². The lowest BCUT2D eigenvalue weighted by Gasteiger charge is -2.31. The number of carbonyl (C=O) groups excluding carboxylic acids is 2. The lowest BCUT2D eigenvalue weighted by molar-refractivity contribution is -0.120. The highest BCUT2D eigenvalue weighted by molar-refractivity contribution is 7.89. The van der Waals surface area contributed by atoms with E-state index in [1.54, 1.807) is 20.8 Å². The van der Waals surface area contributed by atoms with E-state index in [1.165, 1.54) is 15.4 Å². The van der Waals surface area contributed by atoms with Crippen molar-refractivity contribution in [2.24, 2.45) is 5.92 Å². The van der Waals surface area contributed by atoms with Crippen molar-refractivity contribution < 1.29 is 22.7 Å². The summed E-state index contributed by atoms with van der Waals surface area (Å²) >= 11 is 0. The quantitative estimate of drug-likeness (QED) is 0.604. The number of hydrogen-bond donors (Lipinski definition) is 2. The molecule has 0 unspecified atom stereocenters. The van der Waals surface area contributed by atoms with E-state index in [9.17, 15) is 18.0 Å². The molecule has 2 aliphatic rings. The van der Waals surface area contributed by atoms with Crippen LogP contribution in [0.4, 0.5) is 5.69 Å². The van der Waals surface area contributed by atoms with Gasteiger partial charge in [0.15, 0.2) is 0 Å². The number of ether oxygens (including phenoxy) is 1. The second-order valence-corrected chi connectivity index (χ2v) is 11.0. The third-order valence-electron chi connectivity index (χ3n) is 6.80. The first kappa shape index (κ1) is 24.5. The van der Waals surface area contributed by atoms with Gasteiger partial charge < -0.3 is 15.0 Å². The summed E-state index contributed by atoms with van der Waals surface area (Å²) in [6, 6.07) is 6.00. The van der Waals surface area contributed by atoms with Gasteiger partial charge in [-0.25, -0.2) is 13.2 Å². The van der Waals surface area contributed by atoms with E-state index < -0.39 is 21.9 Å². The smallest absolute Gasteiger partial charge is 0.341 e. The van der Waals surface area contributed by atoms with Crippen molar-refractivity contribution in [1.29, 1.82) is 0 Å². The molecule has 2 aromatic rings. The fourth-order valence-electron chi connectivity index (χ4n) is 5.17. The molecule has 1 fully saturated rings. The molecular weight excluding hydrogens is 454 g/mol. The molecular formula is C25H33N3O5S. The SMILES string of the molecule is CCOC(=O)c1c(C)[nH]c(C)c1S(=O)(=O)N1CCC[C@@H](C(=O)Nc2cccc3c2CCCC3)C1. The van der Waals surface area contributed by atoms with Gasteiger partial charge in [0.05, 0.1) is 12.5 Å². The highest BCUT2D eigenvalue weighted by Crippen LogP contribution is 2.32. The molecule has 34 heavy (non-hydrogen) atoms. The number of nitrogens with zero attached hydrogens (tertiary/aromatic N) is 1. The molecule has 0 bridgehead atoms. The zero-order valence-corrected chi connectivity index (χ0v) is 20.9. The van der Waals surface area contributed by atoms with Crippen LogP contribution in [0.3, 0.4) is 0 Å². The zero-order chi connectivity index (χ0) is 24.5. The van der Waals surface area contributed by atoms with Crippen LogP contribution < -0.4 is 5.32 Å². The number of amides is 1. The maximum atomic E-state index is 13.6. The Balaban J connectivity index is 1.55. The number of H-pyrrole nitrogens is 1. The molecule has 9 heteroatoms. The fraction of sp³-hybridized carbons (Fsp3) is 0.520. The summed E-state index contributed by atoms with van der Waals surface area (Å²) in [5, 5.41) is 3.07. The summed E-state index contributed by atoms with van der Waals surface area (Å²) in [6.07, 6.45) is 5.41. The van der Waals surface area contributed by atoms with Crippen molar-refractivity contribution in [2.75, 3.05) is 25.0 Å². The number of piperidine rings is 1. The Morgan fingerprint density at radius 2 is 1.91 bits per heavy atom. The second kappa shape index (κ2) is 9.92. The molecule has 2 heterocycles. The van der Waals surface area contributed by atoms with E-state index in [2.05, 4.69) is 16.4 Å². The summed E-state index contributed by atoms with van der Waals surface area (Å²) in [6.45, 7) is 5.50. The van der Waals surface area contributed by atoms with Crippen LogP contribution in [-0.2, 0) is 32.4 Å². The van der Waals surface area contributed by atoms with Crippen molar-refractivity contribution in [3.8, 4) is 0 Å². The van der Waals surface area contributed by atoms with Crippen LogP contribution in [-0.4, -0.2) is 49.3 Å². The first-order valence-corrected chi connectivity index (χ1v) is 13.5. The Morgan fingerprint density at radius 3 is 2.68 bits per heavy atom. The minimum atomic E-state index is -4.00. The van der Waals surface area contributed by atoms with Gasteiger partial charge in [0.2, 0.25) is 15.9 Å². The lowest BCUT2D eigenvalue weighted by atomic mass is 9.90. The number of fused-ring (bicyclic) bond motifs is 1. The monoisotopic (exact) mass is 487 g/mol. The number of hydrogen-bond acceptors (Lipinski definition) is 5. The minimum absolute atomic E-state index is 0.0434. The Bertz CT molecular complexity index is 1200. The number of aryl methyl sites for hydroxylation is 3. The molecule has 1 aromatic carbocycles. The van der Waals surface area contributed by atoms with Gasteiger partial charge >= 0.3 is 5.97 Å². The maximum Gasteiger partial charge on any atom is 0.341 e. The molecule has 4 rings (SSSR count). The van der Waals surface area contributed by atoms with Crippen molar-refractivity contribution in [3.63, 3.8) is 0 Å². The number of aromatic amines is 1. The first-order chi connectivity index (χ1) is 16.2. The third kappa shape index (κ3) is 4.63. The molecule has 1 aliphatic carbocycles. The molecule has 1 aliphatic heterocycles. The van der Waals surface area contributed by atoms with Gasteiger partial charge in [-0.15, -0.1) is 0 Å². The van der Waals surface area contributed by atoms with Gasteiger partial charge in [-0.05, 0) is 76.5 Å².